The Kier molecular flexibility index (Phi) is 3.46. The Hall–Kier alpha value is -1.10. The molecular formula is C10H15NO3. The number of rotatable bonds is 3. The van der Waals surface area contributed by atoms with Crippen LogP contribution in [0.5, 0.6) is 5.75 Å². The fourth-order valence-electron chi connectivity index (χ4n) is 1.36. The molecule has 0 fully saturated rings. The molecule has 2 atom stereocenters. The van der Waals surface area contributed by atoms with Gasteiger partial charge in [0.25, 0.3) is 0 Å². The molecule has 0 bridgehead atoms. The van der Waals surface area contributed by atoms with Crippen LogP contribution in [0.1, 0.15) is 24.1 Å². The van der Waals surface area contributed by atoms with E-state index in [1.165, 1.54) is 13.0 Å². The van der Waals surface area contributed by atoms with Crippen molar-refractivity contribution in [2.45, 2.75) is 25.7 Å². The van der Waals surface area contributed by atoms with Gasteiger partial charge in [-0.25, -0.2) is 0 Å². The van der Waals surface area contributed by atoms with E-state index in [4.69, 9.17) is 10.8 Å². The monoisotopic (exact) mass is 197 g/mol. The Morgan fingerprint density at radius 1 is 1.43 bits per heavy atom. The Morgan fingerprint density at radius 3 is 2.57 bits per heavy atom. The summed E-state index contributed by atoms with van der Waals surface area (Å²) in [6, 6.07) is 4.09. The molecule has 78 valence electrons. The van der Waals surface area contributed by atoms with Gasteiger partial charge in [0.15, 0.2) is 0 Å². The number of aliphatic hydroxyl groups excluding tert-OH is 2. The van der Waals surface area contributed by atoms with Gasteiger partial charge in [0, 0.05) is 5.56 Å². The highest BCUT2D eigenvalue weighted by Gasteiger charge is 2.18. The SMILES string of the molecule is CC(O)[C@H](N)c1c(O)cccc1CO. The first-order valence-electron chi connectivity index (χ1n) is 4.43. The number of benzene rings is 1. The van der Waals surface area contributed by atoms with E-state index < -0.39 is 12.1 Å². The normalized spacial score (nSPS) is 15.1. The van der Waals surface area contributed by atoms with Crippen molar-refractivity contribution in [2.75, 3.05) is 0 Å². The summed E-state index contributed by atoms with van der Waals surface area (Å²) in [5.74, 6) is 0.00458. The van der Waals surface area contributed by atoms with Crippen molar-refractivity contribution in [1.82, 2.24) is 0 Å². The quantitative estimate of drug-likeness (QED) is 0.560. The summed E-state index contributed by atoms with van der Waals surface area (Å²) < 4.78 is 0. The van der Waals surface area contributed by atoms with Gasteiger partial charge in [0.05, 0.1) is 18.8 Å². The molecular weight excluding hydrogens is 182 g/mol. The van der Waals surface area contributed by atoms with Crippen molar-refractivity contribution in [3.8, 4) is 5.75 Å². The summed E-state index contributed by atoms with van der Waals surface area (Å²) in [7, 11) is 0. The van der Waals surface area contributed by atoms with Gasteiger partial charge in [0.2, 0.25) is 0 Å². The van der Waals surface area contributed by atoms with Gasteiger partial charge >= 0.3 is 0 Å². The molecule has 0 saturated heterocycles. The predicted octanol–water partition coefficient (Wildman–Crippen LogP) is 0.265. The van der Waals surface area contributed by atoms with Crippen LogP contribution in [-0.2, 0) is 6.61 Å². The maximum atomic E-state index is 9.54. The maximum Gasteiger partial charge on any atom is 0.120 e. The second-order valence-electron chi connectivity index (χ2n) is 3.27. The minimum atomic E-state index is -0.770. The van der Waals surface area contributed by atoms with E-state index in [9.17, 15) is 10.2 Å². The molecule has 0 aliphatic heterocycles. The van der Waals surface area contributed by atoms with Gasteiger partial charge in [-0.1, -0.05) is 12.1 Å². The van der Waals surface area contributed by atoms with Crippen molar-refractivity contribution in [3.63, 3.8) is 0 Å². The largest absolute Gasteiger partial charge is 0.508 e. The van der Waals surface area contributed by atoms with Crippen LogP contribution in [0.4, 0.5) is 0 Å². The van der Waals surface area contributed by atoms with Crippen LogP contribution in [0.2, 0.25) is 0 Å². The third-order valence-corrected chi connectivity index (χ3v) is 2.20. The molecule has 4 nitrogen and oxygen atoms in total. The van der Waals surface area contributed by atoms with Crippen LogP contribution < -0.4 is 5.73 Å². The van der Waals surface area contributed by atoms with Crippen LogP contribution in [0.3, 0.4) is 0 Å². The molecule has 0 amide bonds. The zero-order valence-electron chi connectivity index (χ0n) is 8.01. The Labute approximate surface area is 82.6 Å². The highest BCUT2D eigenvalue weighted by Crippen LogP contribution is 2.28. The first kappa shape index (κ1) is 11.0. The van der Waals surface area contributed by atoms with Crippen molar-refractivity contribution in [1.29, 1.82) is 0 Å². The average Bonchev–Trinajstić information content (AvgIpc) is 2.16. The lowest BCUT2D eigenvalue weighted by molar-refractivity contribution is 0.161. The lowest BCUT2D eigenvalue weighted by Gasteiger charge is -2.19. The minimum absolute atomic E-state index is 0.00458. The number of hydrogen-bond donors (Lipinski definition) is 4. The number of aliphatic hydroxyl groups is 2. The fourth-order valence-corrected chi connectivity index (χ4v) is 1.36. The second-order valence-corrected chi connectivity index (χ2v) is 3.27. The van der Waals surface area contributed by atoms with Crippen LogP contribution in [0.25, 0.3) is 0 Å². The van der Waals surface area contributed by atoms with Gasteiger partial charge in [0.1, 0.15) is 5.75 Å². The van der Waals surface area contributed by atoms with Crippen molar-refractivity contribution in [3.05, 3.63) is 29.3 Å². The molecule has 1 unspecified atom stereocenters. The fraction of sp³-hybridized carbons (Fsp3) is 0.400. The highest BCUT2D eigenvalue weighted by molar-refractivity contribution is 5.41. The van der Waals surface area contributed by atoms with E-state index in [1.54, 1.807) is 12.1 Å². The van der Waals surface area contributed by atoms with E-state index in [0.29, 0.717) is 11.1 Å². The van der Waals surface area contributed by atoms with Crippen molar-refractivity contribution < 1.29 is 15.3 Å². The molecule has 0 spiro atoms. The van der Waals surface area contributed by atoms with Crippen molar-refractivity contribution >= 4 is 0 Å². The molecule has 4 heteroatoms. The molecule has 0 aliphatic carbocycles. The van der Waals surface area contributed by atoms with E-state index >= 15 is 0 Å². The molecule has 1 rings (SSSR count). The number of phenols is 1. The molecule has 0 heterocycles. The molecule has 14 heavy (non-hydrogen) atoms. The number of phenolic OH excluding ortho intramolecular Hbond substituents is 1. The number of aromatic hydroxyl groups is 1. The van der Waals surface area contributed by atoms with E-state index in [-0.39, 0.29) is 12.4 Å². The van der Waals surface area contributed by atoms with Gasteiger partial charge < -0.3 is 21.1 Å². The van der Waals surface area contributed by atoms with E-state index in [2.05, 4.69) is 0 Å². The summed E-state index contributed by atoms with van der Waals surface area (Å²) >= 11 is 0. The van der Waals surface area contributed by atoms with Crippen LogP contribution >= 0.6 is 0 Å². The Bertz CT molecular complexity index is 312. The van der Waals surface area contributed by atoms with E-state index in [1.807, 2.05) is 0 Å². The molecule has 5 N–H and O–H groups in total. The van der Waals surface area contributed by atoms with Crippen LogP contribution in [-0.4, -0.2) is 21.4 Å². The van der Waals surface area contributed by atoms with E-state index in [0.717, 1.165) is 0 Å². The Balaban J connectivity index is 3.16. The Morgan fingerprint density at radius 2 is 2.07 bits per heavy atom. The van der Waals surface area contributed by atoms with Gasteiger partial charge in [-0.2, -0.15) is 0 Å². The second kappa shape index (κ2) is 4.41. The summed E-state index contributed by atoms with van der Waals surface area (Å²) in [4.78, 5) is 0. The van der Waals surface area contributed by atoms with Gasteiger partial charge in [-0.3, -0.25) is 0 Å². The topological polar surface area (TPSA) is 86.7 Å². The third kappa shape index (κ3) is 2.04. The van der Waals surface area contributed by atoms with Crippen LogP contribution in [0.15, 0.2) is 18.2 Å². The predicted molar refractivity (Wildman–Crippen MR) is 52.6 cm³/mol. The standard InChI is InChI=1S/C10H15NO3/c1-6(13)10(11)9-7(5-12)3-2-4-8(9)14/h2-4,6,10,12-14H,5,11H2,1H3/t6?,10-/m0/s1. The summed E-state index contributed by atoms with van der Waals surface area (Å²) in [6.07, 6.45) is -0.770. The van der Waals surface area contributed by atoms with Gasteiger partial charge in [-0.05, 0) is 18.6 Å². The molecule has 1 aromatic rings. The van der Waals surface area contributed by atoms with Gasteiger partial charge in [-0.15, -0.1) is 0 Å². The first-order valence-corrected chi connectivity index (χ1v) is 4.43. The summed E-state index contributed by atoms with van der Waals surface area (Å²) in [5, 5.41) is 27.9. The first-order chi connectivity index (χ1) is 6.57. The van der Waals surface area contributed by atoms with Crippen LogP contribution in [0, 0.1) is 0 Å². The molecule has 0 saturated carbocycles. The minimum Gasteiger partial charge on any atom is -0.508 e. The smallest absolute Gasteiger partial charge is 0.120 e. The maximum absolute atomic E-state index is 9.54. The zero-order valence-corrected chi connectivity index (χ0v) is 8.01. The molecule has 1 aromatic carbocycles. The third-order valence-electron chi connectivity index (χ3n) is 2.20. The highest BCUT2D eigenvalue weighted by atomic mass is 16.3. The average molecular weight is 197 g/mol. The number of hydrogen-bond acceptors (Lipinski definition) is 4. The molecule has 0 aromatic heterocycles. The number of nitrogens with two attached hydrogens (primary N) is 1. The zero-order chi connectivity index (χ0) is 10.7. The molecule has 0 radical (unpaired) electrons. The molecule has 0 aliphatic rings. The summed E-state index contributed by atoms with van der Waals surface area (Å²) in [6.45, 7) is 1.34. The van der Waals surface area contributed by atoms with Crippen molar-refractivity contribution in [2.24, 2.45) is 5.73 Å². The summed E-state index contributed by atoms with van der Waals surface area (Å²) in [5.41, 5.74) is 6.64. The lowest BCUT2D eigenvalue weighted by atomic mass is 9.97. The lowest BCUT2D eigenvalue weighted by Crippen LogP contribution is -2.24.